The van der Waals surface area contributed by atoms with Gasteiger partial charge in [-0.05, 0) is 31.6 Å². The van der Waals surface area contributed by atoms with Gasteiger partial charge < -0.3 is 5.73 Å². The van der Waals surface area contributed by atoms with Gasteiger partial charge in [-0.1, -0.05) is 26.8 Å². The molecule has 0 unspecified atom stereocenters. The van der Waals surface area contributed by atoms with Crippen molar-refractivity contribution in [2.75, 3.05) is 0 Å². The Morgan fingerprint density at radius 1 is 1.35 bits per heavy atom. The van der Waals surface area contributed by atoms with E-state index in [4.69, 9.17) is 5.73 Å². The largest absolute Gasteiger partial charge is 0.387 e. The van der Waals surface area contributed by atoms with Gasteiger partial charge in [-0.15, -0.1) is 0 Å². The molecule has 0 spiro atoms. The number of amidine groups is 1. The molecule has 0 saturated heterocycles. The van der Waals surface area contributed by atoms with Crippen LogP contribution in [0.4, 0.5) is 0 Å². The first kappa shape index (κ1) is 13.4. The van der Waals surface area contributed by atoms with Gasteiger partial charge in [-0.3, -0.25) is 4.98 Å². The molecule has 17 heavy (non-hydrogen) atoms. The van der Waals surface area contributed by atoms with Crippen molar-refractivity contribution in [1.82, 2.24) is 4.98 Å². The first-order valence-electron chi connectivity index (χ1n) is 5.75. The molecule has 0 aliphatic heterocycles. The van der Waals surface area contributed by atoms with Crippen LogP contribution >= 0.6 is 0 Å². The van der Waals surface area contributed by atoms with E-state index >= 15 is 0 Å². The van der Waals surface area contributed by atoms with E-state index < -0.39 is 0 Å². The summed E-state index contributed by atoms with van der Waals surface area (Å²) >= 11 is 0. The summed E-state index contributed by atoms with van der Waals surface area (Å²) in [6.45, 7) is 10.3. The zero-order valence-electron chi connectivity index (χ0n) is 11.3. The Hall–Kier alpha value is -1.64. The highest BCUT2D eigenvalue weighted by Crippen LogP contribution is 2.21. The Bertz CT molecular complexity index is 447. The monoisotopic (exact) mass is 231 g/mol. The van der Waals surface area contributed by atoms with Crippen LogP contribution in [0.2, 0.25) is 0 Å². The summed E-state index contributed by atoms with van der Waals surface area (Å²) in [7, 11) is 0. The summed E-state index contributed by atoms with van der Waals surface area (Å²) in [5.41, 5.74) is 8.70. The van der Waals surface area contributed by atoms with E-state index in [0.717, 1.165) is 17.0 Å². The Labute approximate surface area is 103 Å². The summed E-state index contributed by atoms with van der Waals surface area (Å²) in [6.07, 6.45) is 3.58. The van der Waals surface area contributed by atoms with E-state index in [1.165, 1.54) is 0 Å². The van der Waals surface area contributed by atoms with Crippen molar-refractivity contribution in [1.29, 1.82) is 0 Å². The van der Waals surface area contributed by atoms with Crippen molar-refractivity contribution in [2.45, 2.75) is 40.0 Å². The summed E-state index contributed by atoms with van der Waals surface area (Å²) < 4.78 is 0. The number of rotatable bonds is 2. The number of nitrogens with two attached hydrogens (primary N) is 1. The smallest absolute Gasteiger partial charge is 0.0957 e. The van der Waals surface area contributed by atoms with Gasteiger partial charge in [0.2, 0.25) is 0 Å². The first-order valence-corrected chi connectivity index (χ1v) is 5.75. The van der Waals surface area contributed by atoms with E-state index in [9.17, 15) is 0 Å². The second kappa shape index (κ2) is 5.13. The van der Waals surface area contributed by atoms with Gasteiger partial charge in [0.25, 0.3) is 0 Å². The molecule has 3 nitrogen and oxygen atoms in total. The van der Waals surface area contributed by atoms with Gasteiger partial charge in [0.1, 0.15) is 0 Å². The lowest BCUT2D eigenvalue weighted by atomic mass is 9.91. The second-order valence-electron chi connectivity index (χ2n) is 5.23. The van der Waals surface area contributed by atoms with Crippen molar-refractivity contribution >= 4 is 11.9 Å². The lowest BCUT2D eigenvalue weighted by Gasteiger charge is -2.18. The van der Waals surface area contributed by atoms with Crippen molar-refractivity contribution in [2.24, 2.45) is 10.7 Å². The fourth-order valence-corrected chi connectivity index (χ4v) is 1.36. The summed E-state index contributed by atoms with van der Waals surface area (Å²) in [4.78, 5) is 8.67. The maximum absolute atomic E-state index is 5.47. The average molecular weight is 231 g/mol. The molecule has 0 amide bonds. The van der Waals surface area contributed by atoms with Gasteiger partial charge in [-0.25, -0.2) is 4.99 Å². The van der Waals surface area contributed by atoms with Gasteiger partial charge >= 0.3 is 0 Å². The Morgan fingerprint density at radius 2 is 2.00 bits per heavy atom. The molecule has 0 aromatic carbocycles. The Morgan fingerprint density at radius 3 is 2.53 bits per heavy atom. The number of hydrogen-bond acceptors (Lipinski definition) is 2. The number of hydrogen-bond donors (Lipinski definition) is 1. The molecule has 1 rings (SSSR count). The lowest BCUT2D eigenvalue weighted by Crippen LogP contribution is -2.14. The quantitative estimate of drug-likeness (QED) is 0.628. The van der Waals surface area contributed by atoms with Crippen molar-refractivity contribution < 1.29 is 0 Å². The van der Waals surface area contributed by atoms with E-state index in [2.05, 4.69) is 42.9 Å². The zero-order valence-corrected chi connectivity index (χ0v) is 11.3. The third kappa shape index (κ3) is 4.02. The maximum atomic E-state index is 5.47. The van der Waals surface area contributed by atoms with Gasteiger partial charge in [0, 0.05) is 17.3 Å². The third-order valence-corrected chi connectivity index (χ3v) is 2.42. The molecule has 1 heterocycles. The van der Waals surface area contributed by atoms with Crippen LogP contribution in [-0.2, 0) is 5.41 Å². The number of nitrogens with zero attached hydrogens (tertiary/aromatic N) is 2. The minimum atomic E-state index is 0.0589. The van der Waals surface area contributed by atoms with Crippen LogP contribution in [0.15, 0.2) is 23.3 Å². The predicted molar refractivity (Wildman–Crippen MR) is 74.0 cm³/mol. The third-order valence-electron chi connectivity index (χ3n) is 2.42. The minimum Gasteiger partial charge on any atom is -0.387 e. The highest BCUT2D eigenvalue weighted by atomic mass is 14.8. The topological polar surface area (TPSA) is 51.3 Å². The maximum Gasteiger partial charge on any atom is 0.0957 e. The first-order chi connectivity index (χ1) is 7.80. The minimum absolute atomic E-state index is 0.0589. The van der Waals surface area contributed by atoms with Crippen molar-refractivity contribution in [3.63, 3.8) is 0 Å². The molecule has 0 bridgehead atoms. The number of aryl methyl sites for hydroxylation is 1. The van der Waals surface area contributed by atoms with Gasteiger partial charge in [0.05, 0.1) is 11.5 Å². The van der Waals surface area contributed by atoms with Gasteiger partial charge in [0.15, 0.2) is 0 Å². The standard InChI is InChI=1S/C14H21N3/c1-10-6-7-13(14(3,4)5)17-12(10)8-9-16-11(2)15/h6-9H,1-5H3,(H2,15,16)/b9-8-. The SMILES string of the molecule is CC(N)=N/C=C\c1nc(C(C)(C)C)ccc1C. The predicted octanol–water partition coefficient (Wildman–Crippen LogP) is 3.04. The molecular weight excluding hydrogens is 210 g/mol. The number of aromatic nitrogens is 1. The van der Waals surface area contributed by atoms with Crippen LogP contribution in [0, 0.1) is 6.92 Å². The highest BCUT2D eigenvalue weighted by Gasteiger charge is 2.15. The van der Waals surface area contributed by atoms with Crippen LogP contribution in [-0.4, -0.2) is 10.8 Å². The summed E-state index contributed by atoms with van der Waals surface area (Å²) in [5, 5.41) is 0. The normalized spacial score (nSPS) is 13.4. The Kier molecular flexibility index (Phi) is 4.05. The highest BCUT2D eigenvalue weighted by molar-refractivity contribution is 5.78. The van der Waals surface area contributed by atoms with Crippen LogP contribution in [0.1, 0.15) is 44.6 Å². The molecule has 0 atom stereocenters. The van der Waals surface area contributed by atoms with Crippen LogP contribution in [0.3, 0.4) is 0 Å². The molecule has 3 heteroatoms. The molecule has 1 aromatic rings. The molecule has 0 saturated carbocycles. The van der Waals surface area contributed by atoms with E-state index in [1.807, 2.05) is 13.0 Å². The second-order valence-corrected chi connectivity index (χ2v) is 5.23. The zero-order chi connectivity index (χ0) is 13.1. The molecule has 92 valence electrons. The van der Waals surface area contributed by atoms with Crippen molar-refractivity contribution in [3.8, 4) is 0 Å². The van der Waals surface area contributed by atoms with E-state index in [1.54, 1.807) is 13.1 Å². The van der Waals surface area contributed by atoms with Crippen LogP contribution in [0.25, 0.3) is 6.08 Å². The molecular formula is C14H21N3. The van der Waals surface area contributed by atoms with Crippen LogP contribution in [0.5, 0.6) is 0 Å². The lowest BCUT2D eigenvalue weighted by molar-refractivity contribution is 0.568. The average Bonchev–Trinajstić information content (AvgIpc) is 2.18. The van der Waals surface area contributed by atoms with E-state index in [0.29, 0.717) is 5.84 Å². The Balaban J connectivity index is 3.08. The van der Waals surface area contributed by atoms with Gasteiger partial charge in [-0.2, -0.15) is 0 Å². The molecule has 0 aliphatic rings. The number of aliphatic imine (C=N–C) groups is 1. The molecule has 1 aromatic heterocycles. The number of pyridine rings is 1. The molecule has 0 radical (unpaired) electrons. The van der Waals surface area contributed by atoms with Crippen LogP contribution < -0.4 is 5.73 Å². The fraction of sp³-hybridized carbons (Fsp3) is 0.429. The molecule has 0 aliphatic carbocycles. The molecule has 0 fully saturated rings. The fourth-order valence-electron chi connectivity index (χ4n) is 1.36. The summed E-state index contributed by atoms with van der Waals surface area (Å²) in [6, 6.07) is 4.16. The molecule has 2 N–H and O–H groups in total. The van der Waals surface area contributed by atoms with E-state index in [-0.39, 0.29) is 5.41 Å². The van der Waals surface area contributed by atoms with Crippen molar-refractivity contribution in [3.05, 3.63) is 35.3 Å². The summed E-state index contributed by atoms with van der Waals surface area (Å²) in [5.74, 6) is 0.547.